The molecule has 0 bridgehead atoms. The van der Waals surface area contributed by atoms with Crippen LogP contribution in [0.15, 0.2) is 18.2 Å². The second-order valence-electron chi connectivity index (χ2n) is 5.12. The van der Waals surface area contributed by atoms with Crippen molar-refractivity contribution < 1.29 is 4.39 Å². The molecule has 0 aliphatic carbocycles. The zero-order valence-electron chi connectivity index (χ0n) is 11.3. The predicted octanol–water partition coefficient (Wildman–Crippen LogP) is 4.14. The second kappa shape index (κ2) is 7.51. The molecule has 1 nitrogen and oxygen atoms in total. The summed E-state index contributed by atoms with van der Waals surface area (Å²) in [5.74, 6) is 2.92. The Kier molecular flexibility index (Phi) is 5.99. The molecule has 1 aliphatic rings. The Morgan fingerprint density at radius 2 is 2.37 bits per heavy atom. The SMILES string of the molecule is CCCNC(Cc1cc(Cl)ccc1F)C1CCSC1. The molecule has 0 amide bonds. The smallest absolute Gasteiger partial charge is 0.126 e. The maximum Gasteiger partial charge on any atom is 0.126 e. The molecule has 0 radical (unpaired) electrons. The van der Waals surface area contributed by atoms with Gasteiger partial charge in [-0.2, -0.15) is 11.8 Å². The summed E-state index contributed by atoms with van der Waals surface area (Å²) in [6.07, 6.45) is 3.07. The third-order valence-electron chi connectivity index (χ3n) is 3.64. The first-order valence-corrected chi connectivity index (χ1v) is 8.49. The molecule has 1 N–H and O–H groups in total. The van der Waals surface area contributed by atoms with Crippen molar-refractivity contribution in [2.75, 3.05) is 18.1 Å². The summed E-state index contributed by atoms with van der Waals surface area (Å²) in [5.41, 5.74) is 0.734. The van der Waals surface area contributed by atoms with Gasteiger partial charge in [-0.15, -0.1) is 0 Å². The van der Waals surface area contributed by atoms with Crippen molar-refractivity contribution in [3.05, 3.63) is 34.6 Å². The van der Waals surface area contributed by atoms with Gasteiger partial charge in [0.05, 0.1) is 0 Å². The van der Waals surface area contributed by atoms with Gasteiger partial charge in [0.25, 0.3) is 0 Å². The summed E-state index contributed by atoms with van der Waals surface area (Å²) in [6.45, 7) is 3.15. The normalized spacial score (nSPS) is 20.7. The van der Waals surface area contributed by atoms with Crippen molar-refractivity contribution >= 4 is 23.4 Å². The van der Waals surface area contributed by atoms with Crippen LogP contribution in [0.25, 0.3) is 0 Å². The zero-order chi connectivity index (χ0) is 13.7. The summed E-state index contributed by atoms with van der Waals surface area (Å²) in [5, 5.41) is 4.20. The van der Waals surface area contributed by atoms with E-state index in [0.29, 0.717) is 17.0 Å². The number of rotatable bonds is 6. The van der Waals surface area contributed by atoms with Gasteiger partial charge >= 0.3 is 0 Å². The zero-order valence-corrected chi connectivity index (χ0v) is 12.9. The second-order valence-corrected chi connectivity index (χ2v) is 6.71. The molecule has 2 atom stereocenters. The number of hydrogen-bond donors (Lipinski definition) is 1. The fourth-order valence-electron chi connectivity index (χ4n) is 2.54. The quantitative estimate of drug-likeness (QED) is 0.847. The predicted molar refractivity (Wildman–Crippen MR) is 82.6 cm³/mol. The van der Waals surface area contributed by atoms with E-state index < -0.39 is 0 Å². The van der Waals surface area contributed by atoms with Gasteiger partial charge in [0.15, 0.2) is 0 Å². The first-order valence-electron chi connectivity index (χ1n) is 6.95. The Morgan fingerprint density at radius 3 is 3.05 bits per heavy atom. The molecular weight excluding hydrogens is 281 g/mol. The fraction of sp³-hybridized carbons (Fsp3) is 0.600. The molecule has 1 heterocycles. The first-order chi connectivity index (χ1) is 9.20. The van der Waals surface area contributed by atoms with E-state index in [4.69, 9.17) is 11.6 Å². The van der Waals surface area contributed by atoms with Gasteiger partial charge in [0.1, 0.15) is 5.82 Å². The lowest BCUT2D eigenvalue weighted by molar-refractivity contribution is 0.376. The number of benzene rings is 1. The monoisotopic (exact) mass is 301 g/mol. The topological polar surface area (TPSA) is 12.0 Å². The summed E-state index contributed by atoms with van der Waals surface area (Å²) in [4.78, 5) is 0. The van der Waals surface area contributed by atoms with Crippen LogP contribution in [0.3, 0.4) is 0 Å². The van der Waals surface area contributed by atoms with Crippen LogP contribution in [0.2, 0.25) is 5.02 Å². The third kappa shape index (κ3) is 4.37. The van der Waals surface area contributed by atoms with E-state index in [1.54, 1.807) is 12.1 Å². The van der Waals surface area contributed by atoms with Crippen LogP contribution in [0.1, 0.15) is 25.3 Å². The van der Waals surface area contributed by atoms with Crippen molar-refractivity contribution in [3.8, 4) is 0 Å². The lowest BCUT2D eigenvalue weighted by Crippen LogP contribution is -2.38. The van der Waals surface area contributed by atoms with Crippen LogP contribution in [-0.2, 0) is 6.42 Å². The van der Waals surface area contributed by atoms with Crippen LogP contribution >= 0.6 is 23.4 Å². The minimum Gasteiger partial charge on any atom is -0.313 e. The lowest BCUT2D eigenvalue weighted by Gasteiger charge is -2.24. The molecule has 1 aromatic rings. The maximum absolute atomic E-state index is 13.8. The largest absolute Gasteiger partial charge is 0.313 e. The van der Waals surface area contributed by atoms with Gasteiger partial charge in [0, 0.05) is 11.1 Å². The molecule has 4 heteroatoms. The van der Waals surface area contributed by atoms with E-state index in [1.165, 1.54) is 24.0 Å². The van der Waals surface area contributed by atoms with Crippen LogP contribution in [-0.4, -0.2) is 24.1 Å². The molecule has 1 aromatic carbocycles. The Morgan fingerprint density at radius 1 is 1.53 bits per heavy atom. The Balaban J connectivity index is 2.07. The molecule has 1 fully saturated rings. The highest BCUT2D eigenvalue weighted by Crippen LogP contribution is 2.28. The van der Waals surface area contributed by atoms with E-state index >= 15 is 0 Å². The summed E-state index contributed by atoms with van der Waals surface area (Å²) in [7, 11) is 0. The van der Waals surface area contributed by atoms with Gasteiger partial charge in [0.2, 0.25) is 0 Å². The molecule has 2 rings (SSSR count). The van der Waals surface area contributed by atoms with Gasteiger partial charge in [-0.05, 0) is 67.0 Å². The van der Waals surface area contributed by atoms with Crippen LogP contribution < -0.4 is 5.32 Å². The van der Waals surface area contributed by atoms with E-state index in [-0.39, 0.29) is 5.82 Å². The van der Waals surface area contributed by atoms with Crippen molar-refractivity contribution in [2.24, 2.45) is 5.92 Å². The number of hydrogen-bond acceptors (Lipinski definition) is 2. The Hall–Kier alpha value is -0.250. The van der Waals surface area contributed by atoms with Crippen LogP contribution in [0.5, 0.6) is 0 Å². The van der Waals surface area contributed by atoms with Gasteiger partial charge in [-0.1, -0.05) is 18.5 Å². The Labute approximate surface area is 124 Å². The van der Waals surface area contributed by atoms with Crippen molar-refractivity contribution in [3.63, 3.8) is 0 Å². The standard InChI is InChI=1S/C15H21ClFNS/c1-2-6-18-15(11-5-7-19-10-11)9-12-8-13(16)3-4-14(12)17/h3-4,8,11,15,18H,2,5-7,9-10H2,1H3. The first kappa shape index (κ1) is 15.1. The molecule has 2 unspecified atom stereocenters. The van der Waals surface area contributed by atoms with Gasteiger partial charge in [-0.3, -0.25) is 0 Å². The number of halogens is 2. The summed E-state index contributed by atoms with van der Waals surface area (Å²) >= 11 is 7.98. The van der Waals surface area contributed by atoms with Crippen molar-refractivity contribution in [2.45, 2.75) is 32.2 Å². The number of nitrogens with one attached hydrogen (secondary N) is 1. The lowest BCUT2D eigenvalue weighted by atomic mass is 9.92. The maximum atomic E-state index is 13.8. The highest BCUT2D eigenvalue weighted by Gasteiger charge is 2.25. The summed E-state index contributed by atoms with van der Waals surface area (Å²) in [6, 6.07) is 5.21. The number of thioether (sulfide) groups is 1. The highest BCUT2D eigenvalue weighted by atomic mass is 35.5. The van der Waals surface area contributed by atoms with E-state index in [2.05, 4.69) is 12.2 Å². The molecule has 0 aromatic heterocycles. The van der Waals surface area contributed by atoms with E-state index in [1.807, 2.05) is 11.8 Å². The summed E-state index contributed by atoms with van der Waals surface area (Å²) < 4.78 is 13.8. The fourth-order valence-corrected chi connectivity index (χ4v) is 4.07. The molecular formula is C15H21ClFNS. The molecule has 1 saturated heterocycles. The molecule has 0 spiro atoms. The van der Waals surface area contributed by atoms with Crippen LogP contribution in [0.4, 0.5) is 4.39 Å². The third-order valence-corrected chi connectivity index (χ3v) is 5.06. The molecule has 0 saturated carbocycles. The highest BCUT2D eigenvalue weighted by molar-refractivity contribution is 7.99. The average Bonchev–Trinajstić information content (AvgIpc) is 2.92. The van der Waals surface area contributed by atoms with Crippen molar-refractivity contribution in [1.82, 2.24) is 5.32 Å². The van der Waals surface area contributed by atoms with E-state index in [0.717, 1.165) is 24.9 Å². The molecule has 19 heavy (non-hydrogen) atoms. The molecule has 106 valence electrons. The average molecular weight is 302 g/mol. The van der Waals surface area contributed by atoms with Gasteiger partial charge < -0.3 is 5.32 Å². The Bertz CT molecular complexity index is 407. The molecule has 1 aliphatic heterocycles. The minimum atomic E-state index is -0.140. The van der Waals surface area contributed by atoms with E-state index in [9.17, 15) is 4.39 Å². The minimum absolute atomic E-state index is 0.140. The van der Waals surface area contributed by atoms with Gasteiger partial charge in [-0.25, -0.2) is 4.39 Å². The van der Waals surface area contributed by atoms with Crippen LogP contribution in [0, 0.1) is 11.7 Å². The van der Waals surface area contributed by atoms with Crippen molar-refractivity contribution in [1.29, 1.82) is 0 Å².